The minimum absolute atomic E-state index is 0. The van der Waals surface area contributed by atoms with Gasteiger partial charge in [0.05, 0.1) is 16.1 Å². The van der Waals surface area contributed by atoms with Crippen LogP contribution in [-0.2, 0) is 11.8 Å². The van der Waals surface area contributed by atoms with Gasteiger partial charge >= 0.3 is 0 Å². The largest absolute Gasteiger partial charge is 0.324 e. The number of aryl methyl sites for hydroxylation is 1. The van der Waals surface area contributed by atoms with Crippen LogP contribution in [0.3, 0.4) is 0 Å². The molecular weight excluding hydrogens is 321 g/mol. The topological polar surface area (TPSA) is 63.1 Å². The summed E-state index contributed by atoms with van der Waals surface area (Å²) in [5, 5.41) is 5.97. The molecule has 1 fully saturated rings. The van der Waals surface area contributed by atoms with Gasteiger partial charge in [0.15, 0.2) is 0 Å². The predicted octanol–water partition coefficient (Wildman–Crippen LogP) is 1.12. The quantitative estimate of drug-likeness (QED) is 0.851. The normalized spacial score (nSPS) is 18.2. The molecule has 0 bridgehead atoms. The third kappa shape index (κ3) is 3.34. The number of pyridine rings is 1. The van der Waals surface area contributed by atoms with Crippen molar-refractivity contribution in [2.24, 2.45) is 13.0 Å². The summed E-state index contributed by atoms with van der Waals surface area (Å²) in [6, 6.07) is 1.63. The fraction of sp³-hybridized carbons (Fsp3) is 0.455. The summed E-state index contributed by atoms with van der Waals surface area (Å²) in [6.07, 6.45) is 2.48. The van der Waals surface area contributed by atoms with Gasteiger partial charge in [0.1, 0.15) is 0 Å². The highest BCUT2D eigenvalue weighted by molar-refractivity contribution is 9.10. The van der Waals surface area contributed by atoms with Gasteiger partial charge in [-0.05, 0) is 35.0 Å². The van der Waals surface area contributed by atoms with Crippen molar-refractivity contribution in [3.05, 3.63) is 27.1 Å². The minimum atomic E-state index is -0.120. The molecule has 1 aromatic rings. The Hall–Kier alpha value is -0.850. The zero-order valence-corrected chi connectivity index (χ0v) is 12.3. The predicted molar refractivity (Wildman–Crippen MR) is 76.2 cm³/mol. The Bertz CT molecular complexity index is 471. The molecule has 2 N–H and O–H groups in total. The van der Waals surface area contributed by atoms with E-state index in [2.05, 4.69) is 26.6 Å². The second-order valence-corrected chi connectivity index (χ2v) is 5.03. The standard InChI is InChI=1S/C11H14BrN3O2.ClH/c1-15-6-8(4-9(12)11(15)17)14-10(16)7-2-3-13-5-7;/h4,6-7,13H,2-3,5H2,1H3,(H,14,16);1H. The van der Waals surface area contributed by atoms with Crippen molar-refractivity contribution >= 4 is 39.9 Å². The van der Waals surface area contributed by atoms with Crippen LogP contribution in [-0.4, -0.2) is 23.6 Å². The van der Waals surface area contributed by atoms with Gasteiger partial charge in [0, 0.05) is 19.8 Å². The van der Waals surface area contributed by atoms with E-state index < -0.39 is 0 Å². The number of anilines is 1. The first kappa shape index (κ1) is 15.2. The van der Waals surface area contributed by atoms with Crippen molar-refractivity contribution in [3.8, 4) is 0 Å². The highest BCUT2D eigenvalue weighted by Gasteiger charge is 2.22. The van der Waals surface area contributed by atoms with Crippen molar-refractivity contribution in [2.45, 2.75) is 6.42 Å². The van der Waals surface area contributed by atoms with Gasteiger partial charge in [-0.2, -0.15) is 0 Å². The van der Waals surface area contributed by atoms with E-state index in [9.17, 15) is 9.59 Å². The van der Waals surface area contributed by atoms with Crippen LogP contribution >= 0.6 is 28.3 Å². The highest BCUT2D eigenvalue weighted by atomic mass is 79.9. The maximum absolute atomic E-state index is 11.9. The number of carbonyl (C=O) groups is 1. The zero-order valence-electron chi connectivity index (χ0n) is 9.90. The number of nitrogens with zero attached hydrogens (tertiary/aromatic N) is 1. The van der Waals surface area contributed by atoms with Crippen LogP contribution in [0, 0.1) is 5.92 Å². The van der Waals surface area contributed by atoms with Crippen LogP contribution < -0.4 is 16.2 Å². The van der Waals surface area contributed by atoms with Crippen molar-refractivity contribution in [1.29, 1.82) is 0 Å². The fourth-order valence-electron chi connectivity index (χ4n) is 1.86. The van der Waals surface area contributed by atoms with E-state index in [-0.39, 0.29) is 29.8 Å². The Morgan fingerprint density at radius 3 is 2.89 bits per heavy atom. The molecule has 1 saturated heterocycles. The maximum atomic E-state index is 11.9. The molecule has 0 saturated carbocycles. The zero-order chi connectivity index (χ0) is 12.4. The van der Waals surface area contributed by atoms with Gasteiger partial charge in [-0.25, -0.2) is 0 Å². The van der Waals surface area contributed by atoms with Crippen molar-refractivity contribution in [3.63, 3.8) is 0 Å². The summed E-state index contributed by atoms with van der Waals surface area (Å²) in [5.41, 5.74) is 0.515. The van der Waals surface area contributed by atoms with Crippen LogP contribution in [0.4, 0.5) is 5.69 Å². The molecule has 0 aliphatic carbocycles. The maximum Gasteiger partial charge on any atom is 0.264 e. The van der Waals surface area contributed by atoms with Crippen molar-refractivity contribution in [1.82, 2.24) is 9.88 Å². The number of halogens is 2. The fourth-order valence-corrected chi connectivity index (χ4v) is 2.39. The molecule has 5 nitrogen and oxygen atoms in total. The Morgan fingerprint density at radius 2 is 2.33 bits per heavy atom. The van der Waals surface area contributed by atoms with Crippen molar-refractivity contribution < 1.29 is 4.79 Å². The number of carbonyl (C=O) groups excluding carboxylic acids is 1. The molecule has 1 unspecified atom stereocenters. The SMILES string of the molecule is Cl.Cn1cc(NC(=O)C2CCNC2)cc(Br)c1=O. The van der Waals surface area contributed by atoms with E-state index in [0.717, 1.165) is 19.5 Å². The third-order valence-electron chi connectivity index (χ3n) is 2.84. The second-order valence-electron chi connectivity index (χ2n) is 4.17. The van der Waals surface area contributed by atoms with E-state index in [1.54, 1.807) is 19.3 Å². The number of amides is 1. The number of rotatable bonds is 2. The number of aromatic nitrogens is 1. The molecule has 1 aliphatic heterocycles. The van der Waals surface area contributed by atoms with Crippen LogP contribution in [0.2, 0.25) is 0 Å². The van der Waals surface area contributed by atoms with E-state index in [4.69, 9.17) is 0 Å². The molecule has 2 heterocycles. The van der Waals surface area contributed by atoms with Crippen molar-refractivity contribution in [2.75, 3.05) is 18.4 Å². The third-order valence-corrected chi connectivity index (χ3v) is 3.41. The average molecular weight is 337 g/mol. The summed E-state index contributed by atoms with van der Waals surface area (Å²) >= 11 is 3.17. The van der Waals surface area contributed by atoms with E-state index in [1.807, 2.05) is 0 Å². The van der Waals surface area contributed by atoms with E-state index >= 15 is 0 Å². The second kappa shape index (κ2) is 6.36. The van der Waals surface area contributed by atoms with Gasteiger partial charge in [0.25, 0.3) is 5.56 Å². The van der Waals surface area contributed by atoms with Crippen LogP contribution in [0.15, 0.2) is 21.5 Å². The van der Waals surface area contributed by atoms with Crippen LogP contribution in [0.25, 0.3) is 0 Å². The molecule has 0 spiro atoms. The molecular formula is C11H15BrClN3O2. The molecule has 100 valence electrons. The van der Waals surface area contributed by atoms with Gasteiger partial charge < -0.3 is 15.2 Å². The highest BCUT2D eigenvalue weighted by Crippen LogP contribution is 2.15. The molecule has 7 heteroatoms. The lowest BCUT2D eigenvalue weighted by atomic mass is 10.1. The van der Waals surface area contributed by atoms with Crippen LogP contribution in [0.1, 0.15) is 6.42 Å². The minimum Gasteiger partial charge on any atom is -0.324 e. The Labute approximate surface area is 119 Å². The molecule has 1 atom stereocenters. The lowest BCUT2D eigenvalue weighted by Gasteiger charge is -2.11. The molecule has 1 amide bonds. The molecule has 2 rings (SSSR count). The van der Waals surface area contributed by atoms with Gasteiger partial charge in [0.2, 0.25) is 5.91 Å². The first-order chi connectivity index (χ1) is 8.08. The summed E-state index contributed by atoms with van der Waals surface area (Å²) in [4.78, 5) is 23.3. The number of hydrogen-bond donors (Lipinski definition) is 2. The first-order valence-electron chi connectivity index (χ1n) is 5.45. The summed E-state index contributed by atoms with van der Waals surface area (Å²) in [6.45, 7) is 1.60. The summed E-state index contributed by atoms with van der Waals surface area (Å²) in [7, 11) is 1.65. The Morgan fingerprint density at radius 1 is 1.61 bits per heavy atom. The van der Waals surface area contributed by atoms with Gasteiger partial charge in [-0.15, -0.1) is 12.4 Å². The first-order valence-corrected chi connectivity index (χ1v) is 6.25. The number of nitrogens with one attached hydrogen (secondary N) is 2. The Kier molecular flexibility index (Phi) is 5.37. The lowest BCUT2D eigenvalue weighted by molar-refractivity contribution is -0.119. The smallest absolute Gasteiger partial charge is 0.264 e. The lowest BCUT2D eigenvalue weighted by Crippen LogP contribution is -2.26. The summed E-state index contributed by atoms with van der Waals surface area (Å²) in [5.74, 6) is 0.0200. The van der Waals surface area contributed by atoms with Crippen LogP contribution in [0.5, 0.6) is 0 Å². The molecule has 0 radical (unpaired) electrons. The number of hydrogen-bond acceptors (Lipinski definition) is 3. The molecule has 18 heavy (non-hydrogen) atoms. The average Bonchev–Trinajstić information content (AvgIpc) is 2.79. The monoisotopic (exact) mass is 335 g/mol. The van der Waals surface area contributed by atoms with Gasteiger partial charge in [-0.3, -0.25) is 9.59 Å². The van der Waals surface area contributed by atoms with E-state index in [1.165, 1.54) is 4.57 Å². The van der Waals surface area contributed by atoms with E-state index in [0.29, 0.717) is 10.2 Å². The molecule has 1 aliphatic rings. The van der Waals surface area contributed by atoms with Gasteiger partial charge in [-0.1, -0.05) is 0 Å². The molecule has 0 aromatic carbocycles. The Balaban J connectivity index is 0.00000162. The summed E-state index contributed by atoms with van der Waals surface area (Å²) < 4.78 is 1.88. The molecule has 1 aromatic heterocycles.